The predicted octanol–water partition coefficient (Wildman–Crippen LogP) is 2.00. The quantitative estimate of drug-likeness (QED) is 0.246. The zero-order chi connectivity index (χ0) is 16.3. The van der Waals surface area contributed by atoms with E-state index in [0.29, 0.717) is 5.56 Å². The number of likely N-dealkylation sites (tertiary alicyclic amines) is 1. The number of carbonyl (C=O) groups excluding carboxylic acids is 2. The van der Waals surface area contributed by atoms with Crippen LogP contribution in [-0.4, -0.2) is 43.4 Å². The fourth-order valence-corrected chi connectivity index (χ4v) is 3.37. The van der Waals surface area contributed by atoms with Crippen molar-refractivity contribution in [3.05, 3.63) is 35.9 Å². The van der Waals surface area contributed by atoms with Crippen molar-refractivity contribution in [3.63, 3.8) is 0 Å². The molecule has 2 amide bonds. The minimum Gasteiger partial charge on any atom is -0.479 e. The summed E-state index contributed by atoms with van der Waals surface area (Å²) in [7, 11) is 0. The molecule has 0 spiro atoms. The summed E-state index contributed by atoms with van der Waals surface area (Å²) in [6.45, 7) is -0.0212. The molecule has 0 saturated carbocycles. The van der Waals surface area contributed by atoms with Crippen molar-refractivity contribution in [3.8, 4) is 0 Å². The van der Waals surface area contributed by atoms with E-state index in [1.807, 2.05) is 0 Å². The Balaban J connectivity index is 1.99. The number of benzene rings is 1. The third-order valence-electron chi connectivity index (χ3n) is 3.21. The van der Waals surface area contributed by atoms with E-state index < -0.39 is 26.9 Å². The predicted molar refractivity (Wildman–Crippen MR) is 85.7 cm³/mol. The monoisotopic (exact) mass is 438 g/mol. The summed E-state index contributed by atoms with van der Waals surface area (Å²) in [5.41, 5.74) is 2.67. The van der Waals surface area contributed by atoms with Crippen LogP contribution in [0.4, 0.5) is 4.79 Å². The molecule has 2 N–H and O–H groups in total. The second kappa shape index (κ2) is 6.80. The van der Waals surface area contributed by atoms with Crippen LogP contribution in [0.1, 0.15) is 16.8 Å². The van der Waals surface area contributed by atoms with Gasteiger partial charge in [-0.05, 0) is 46.3 Å². The maximum absolute atomic E-state index is 11.9. The zero-order valence-electron chi connectivity index (χ0n) is 11.2. The van der Waals surface area contributed by atoms with Gasteiger partial charge in [-0.15, -0.1) is 0 Å². The third kappa shape index (κ3) is 3.50. The Morgan fingerprint density at radius 1 is 1.36 bits per heavy atom. The molecule has 0 bridgehead atoms. The smallest absolute Gasteiger partial charge is 0.340 e. The van der Waals surface area contributed by atoms with Gasteiger partial charge < -0.3 is 10.0 Å². The van der Waals surface area contributed by atoms with Crippen LogP contribution >= 0.6 is 34.2 Å². The standard InChI is InChI=1S/C13H12ClIN2O5/c14-12(21)17-7-9(6-13(17,15)11(19)20)22-16-10(18)8-4-2-1-3-5-8/h1-5,9H,6-7H2,(H,16,18)(H,19,20). The van der Waals surface area contributed by atoms with Gasteiger partial charge in [0.15, 0.2) is 3.55 Å². The molecule has 0 aromatic heterocycles. The van der Waals surface area contributed by atoms with E-state index in [0.717, 1.165) is 4.90 Å². The normalized spacial score (nSPS) is 24.1. The van der Waals surface area contributed by atoms with Crippen LogP contribution in [0, 0.1) is 0 Å². The van der Waals surface area contributed by atoms with E-state index >= 15 is 0 Å². The average Bonchev–Trinajstić information content (AvgIpc) is 2.84. The average molecular weight is 439 g/mol. The largest absolute Gasteiger partial charge is 0.479 e. The molecule has 118 valence electrons. The minimum atomic E-state index is -1.49. The lowest BCUT2D eigenvalue weighted by atomic mass is 10.2. The highest BCUT2D eigenvalue weighted by Crippen LogP contribution is 2.38. The maximum atomic E-state index is 11.9. The molecule has 1 aromatic carbocycles. The maximum Gasteiger partial charge on any atom is 0.340 e. The Hall–Kier alpha value is -1.39. The molecule has 1 heterocycles. The minimum absolute atomic E-state index is 0.0103. The van der Waals surface area contributed by atoms with Gasteiger partial charge in [-0.25, -0.2) is 10.3 Å². The van der Waals surface area contributed by atoms with Gasteiger partial charge in [0.2, 0.25) is 0 Å². The number of hydroxylamine groups is 1. The van der Waals surface area contributed by atoms with Gasteiger partial charge >= 0.3 is 11.3 Å². The fraction of sp³-hybridized carbons (Fsp3) is 0.308. The van der Waals surface area contributed by atoms with Crippen LogP contribution in [0.5, 0.6) is 0 Å². The molecular formula is C13H12ClIN2O5. The third-order valence-corrected chi connectivity index (χ3v) is 4.89. The van der Waals surface area contributed by atoms with Gasteiger partial charge in [0.05, 0.1) is 6.54 Å². The Kier molecular flexibility index (Phi) is 5.24. The summed E-state index contributed by atoms with van der Waals surface area (Å²) in [5, 5.41) is 8.38. The summed E-state index contributed by atoms with van der Waals surface area (Å²) < 4.78 is -1.49. The number of hydrogen-bond acceptors (Lipinski definition) is 4. The number of carboxylic acids is 1. The lowest BCUT2D eigenvalue weighted by molar-refractivity contribution is -0.142. The van der Waals surface area contributed by atoms with E-state index in [1.165, 1.54) is 0 Å². The van der Waals surface area contributed by atoms with Crippen molar-refractivity contribution in [2.24, 2.45) is 0 Å². The summed E-state index contributed by atoms with van der Waals surface area (Å²) in [6.07, 6.45) is -0.653. The van der Waals surface area contributed by atoms with Crippen molar-refractivity contribution in [1.82, 2.24) is 10.4 Å². The Labute approximate surface area is 144 Å². The van der Waals surface area contributed by atoms with Crippen molar-refractivity contribution in [2.75, 3.05) is 6.54 Å². The first-order valence-corrected chi connectivity index (χ1v) is 7.70. The summed E-state index contributed by atoms with van der Waals surface area (Å²) in [5.74, 6) is -1.65. The molecule has 7 nitrogen and oxygen atoms in total. The molecule has 2 unspecified atom stereocenters. The number of carboxylic acid groups (broad SMARTS) is 1. The van der Waals surface area contributed by atoms with Crippen LogP contribution in [-0.2, 0) is 9.63 Å². The number of aliphatic carboxylic acids is 1. The van der Waals surface area contributed by atoms with Gasteiger partial charge in [-0.2, -0.15) is 0 Å². The van der Waals surface area contributed by atoms with Gasteiger partial charge in [-0.1, -0.05) is 18.2 Å². The number of hydrogen-bond donors (Lipinski definition) is 2. The number of carbonyl (C=O) groups is 3. The van der Waals surface area contributed by atoms with Crippen molar-refractivity contribution < 1.29 is 24.3 Å². The van der Waals surface area contributed by atoms with Gasteiger partial charge in [0.25, 0.3) is 5.91 Å². The van der Waals surface area contributed by atoms with Crippen LogP contribution in [0.25, 0.3) is 0 Å². The second-order valence-electron chi connectivity index (χ2n) is 4.67. The van der Waals surface area contributed by atoms with E-state index in [-0.39, 0.29) is 13.0 Å². The van der Waals surface area contributed by atoms with Gasteiger partial charge in [0, 0.05) is 12.0 Å². The van der Waals surface area contributed by atoms with Crippen molar-refractivity contribution in [2.45, 2.75) is 16.1 Å². The molecule has 2 rings (SSSR count). The highest BCUT2D eigenvalue weighted by molar-refractivity contribution is 14.1. The van der Waals surface area contributed by atoms with Crippen molar-refractivity contribution in [1.29, 1.82) is 0 Å². The van der Waals surface area contributed by atoms with E-state index in [2.05, 4.69) is 5.48 Å². The lowest BCUT2D eigenvalue weighted by Gasteiger charge is -2.26. The van der Waals surface area contributed by atoms with E-state index in [9.17, 15) is 19.5 Å². The highest BCUT2D eigenvalue weighted by Gasteiger charge is 2.52. The van der Waals surface area contributed by atoms with E-state index in [1.54, 1.807) is 52.9 Å². The van der Waals surface area contributed by atoms with Gasteiger partial charge in [-0.3, -0.25) is 14.4 Å². The van der Waals surface area contributed by atoms with Crippen molar-refractivity contribution >= 4 is 51.4 Å². The molecule has 2 atom stereocenters. The number of alkyl halides is 1. The Morgan fingerprint density at radius 3 is 2.50 bits per heavy atom. The van der Waals surface area contributed by atoms with Crippen LogP contribution < -0.4 is 5.48 Å². The summed E-state index contributed by atoms with van der Waals surface area (Å²) in [4.78, 5) is 40.8. The molecule has 22 heavy (non-hydrogen) atoms. The highest BCUT2D eigenvalue weighted by atomic mass is 127. The Bertz CT molecular complexity index is 599. The SMILES string of the molecule is O=C(NOC1CN(C(=O)Cl)C(I)(C(=O)O)C1)c1ccccc1. The van der Waals surface area contributed by atoms with Crippen LogP contribution in [0.15, 0.2) is 30.3 Å². The first kappa shape index (κ1) is 17.0. The number of nitrogens with zero attached hydrogens (tertiary/aromatic N) is 1. The lowest BCUT2D eigenvalue weighted by Crippen LogP contribution is -2.46. The second-order valence-corrected chi connectivity index (χ2v) is 6.78. The molecule has 9 heteroatoms. The number of halogens is 2. The molecule has 0 radical (unpaired) electrons. The summed E-state index contributed by atoms with van der Waals surface area (Å²) >= 11 is 7.06. The fourth-order valence-electron chi connectivity index (χ4n) is 2.10. The molecule has 1 aromatic rings. The van der Waals surface area contributed by atoms with E-state index in [4.69, 9.17) is 16.4 Å². The molecular weight excluding hydrogens is 427 g/mol. The molecule has 1 aliphatic heterocycles. The topological polar surface area (TPSA) is 95.9 Å². The van der Waals surface area contributed by atoms with Gasteiger partial charge in [0.1, 0.15) is 6.10 Å². The molecule has 1 aliphatic rings. The molecule has 0 aliphatic carbocycles. The van der Waals surface area contributed by atoms with Crippen LogP contribution in [0.2, 0.25) is 0 Å². The molecule has 1 saturated heterocycles. The first-order valence-electron chi connectivity index (χ1n) is 6.25. The number of nitrogens with one attached hydrogen (secondary N) is 1. The Morgan fingerprint density at radius 2 is 2.00 bits per heavy atom. The molecule has 1 fully saturated rings. The zero-order valence-corrected chi connectivity index (χ0v) is 14.1. The number of amides is 2. The number of rotatable bonds is 4. The first-order chi connectivity index (χ1) is 10.3. The summed E-state index contributed by atoms with van der Waals surface area (Å²) in [6, 6.07) is 8.41. The van der Waals surface area contributed by atoms with Crippen LogP contribution in [0.3, 0.4) is 0 Å².